The molecule has 0 saturated carbocycles. The minimum atomic E-state index is -0.175. The lowest BCUT2D eigenvalue weighted by molar-refractivity contribution is 0.243. The molecule has 2 aliphatic heterocycles. The van der Waals surface area contributed by atoms with Crippen LogP contribution in [0.1, 0.15) is 29.5 Å². The molecule has 0 amide bonds. The van der Waals surface area contributed by atoms with Gasteiger partial charge in [-0.2, -0.15) is 0 Å². The first-order chi connectivity index (χ1) is 16.1. The van der Waals surface area contributed by atoms with Crippen LogP contribution in [0.15, 0.2) is 72.8 Å². The first kappa shape index (κ1) is 22.4. The summed E-state index contributed by atoms with van der Waals surface area (Å²) in [6.45, 7) is 7.02. The van der Waals surface area contributed by atoms with Crippen molar-refractivity contribution in [2.24, 2.45) is 0 Å². The summed E-state index contributed by atoms with van der Waals surface area (Å²) in [5.74, 6) is -0.175. The molecule has 3 aromatic rings. The smallest absolute Gasteiger partial charge is 0.123 e. The van der Waals surface area contributed by atoms with Crippen LogP contribution >= 0.6 is 11.6 Å². The van der Waals surface area contributed by atoms with Gasteiger partial charge >= 0.3 is 0 Å². The Labute approximate surface area is 201 Å². The van der Waals surface area contributed by atoms with E-state index in [2.05, 4.69) is 51.5 Å². The van der Waals surface area contributed by atoms with Gasteiger partial charge in [-0.15, -0.1) is 0 Å². The van der Waals surface area contributed by atoms with Gasteiger partial charge in [-0.3, -0.25) is 4.90 Å². The SMILES string of the molecule is Fc1ccc(N2CCN(CCCC3(c4ccc(Cl)cc4)CNCc4ccccc43)CC2)cc1. The van der Waals surface area contributed by atoms with Crippen LogP contribution in [0.3, 0.4) is 0 Å². The molecular weight excluding hydrogens is 433 g/mol. The maximum absolute atomic E-state index is 13.2. The van der Waals surface area contributed by atoms with E-state index in [1.807, 2.05) is 24.3 Å². The molecule has 3 aromatic carbocycles. The lowest BCUT2D eigenvalue weighted by atomic mass is 9.68. The molecule has 5 heteroatoms. The third-order valence-corrected chi connectivity index (χ3v) is 7.57. The van der Waals surface area contributed by atoms with E-state index < -0.39 is 0 Å². The Morgan fingerprint density at radius 3 is 2.36 bits per heavy atom. The van der Waals surface area contributed by atoms with E-state index in [0.29, 0.717) is 0 Å². The van der Waals surface area contributed by atoms with E-state index in [0.717, 1.165) is 69.4 Å². The lowest BCUT2D eigenvalue weighted by Gasteiger charge is -2.41. The number of fused-ring (bicyclic) bond motifs is 1. The van der Waals surface area contributed by atoms with Crippen LogP contribution < -0.4 is 10.2 Å². The molecule has 1 saturated heterocycles. The molecule has 0 aromatic heterocycles. The summed E-state index contributed by atoms with van der Waals surface area (Å²) in [6.07, 6.45) is 2.23. The highest BCUT2D eigenvalue weighted by Crippen LogP contribution is 2.41. The van der Waals surface area contributed by atoms with Gasteiger partial charge in [0, 0.05) is 55.4 Å². The predicted octanol–water partition coefficient (Wildman–Crippen LogP) is 5.47. The first-order valence-electron chi connectivity index (χ1n) is 11.9. The third-order valence-electron chi connectivity index (χ3n) is 7.31. The molecule has 172 valence electrons. The molecule has 0 radical (unpaired) electrons. The number of hydrogen-bond acceptors (Lipinski definition) is 3. The fourth-order valence-corrected chi connectivity index (χ4v) is 5.65. The summed E-state index contributed by atoms with van der Waals surface area (Å²) < 4.78 is 13.2. The van der Waals surface area contributed by atoms with Crippen molar-refractivity contribution in [3.05, 3.63) is 100 Å². The van der Waals surface area contributed by atoms with Gasteiger partial charge in [0.15, 0.2) is 0 Å². The molecule has 0 spiro atoms. The summed E-state index contributed by atoms with van der Waals surface area (Å²) in [5.41, 5.74) is 5.27. The van der Waals surface area contributed by atoms with Crippen molar-refractivity contribution < 1.29 is 4.39 Å². The van der Waals surface area contributed by atoms with Crippen LogP contribution in [-0.4, -0.2) is 44.2 Å². The van der Waals surface area contributed by atoms with Crippen molar-refractivity contribution in [1.29, 1.82) is 0 Å². The predicted molar refractivity (Wildman–Crippen MR) is 135 cm³/mol. The van der Waals surface area contributed by atoms with Crippen LogP contribution in [0.2, 0.25) is 5.02 Å². The molecule has 1 N–H and O–H groups in total. The quantitative estimate of drug-likeness (QED) is 0.523. The second-order valence-corrected chi connectivity index (χ2v) is 9.69. The zero-order valence-corrected chi connectivity index (χ0v) is 19.7. The van der Waals surface area contributed by atoms with Gasteiger partial charge in [0.25, 0.3) is 0 Å². The highest BCUT2D eigenvalue weighted by atomic mass is 35.5. The number of benzene rings is 3. The molecular formula is C28H31ClFN3. The van der Waals surface area contributed by atoms with Crippen molar-refractivity contribution in [3.8, 4) is 0 Å². The summed E-state index contributed by atoms with van der Waals surface area (Å²) in [4.78, 5) is 4.92. The van der Waals surface area contributed by atoms with Crippen molar-refractivity contribution in [2.75, 3.05) is 44.2 Å². The fraction of sp³-hybridized carbons (Fsp3) is 0.357. The van der Waals surface area contributed by atoms with Gasteiger partial charge in [0.05, 0.1) is 0 Å². The van der Waals surface area contributed by atoms with Gasteiger partial charge in [-0.1, -0.05) is 48.0 Å². The number of halogens is 2. The number of nitrogens with zero attached hydrogens (tertiary/aromatic N) is 2. The van der Waals surface area contributed by atoms with Crippen molar-refractivity contribution in [2.45, 2.75) is 24.8 Å². The van der Waals surface area contributed by atoms with E-state index >= 15 is 0 Å². The highest BCUT2D eigenvalue weighted by Gasteiger charge is 2.37. The second kappa shape index (κ2) is 9.84. The standard InChI is InChI=1S/C28H31ClFN3/c29-24-8-6-23(7-9-24)28(21-31-20-22-4-1-2-5-27(22)28)14-3-15-32-16-18-33(19-17-32)26-12-10-25(30)11-13-26/h1-2,4-13,31H,3,14-21H2. The van der Waals surface area contributed by atoms with Gasteiger partial charge in [0.2, 0.25) is 0 Å². The molecule has 0 aliphatic carbocycles. The Morgan fingerprint density at radius 2 is 1.61 bits per heavy atom. The second-order valence-electron chi connectivity index (χ2n) is 9.26. The minimum Gasteiger partial charge on any atom is -0.369 e. The summed E-state index contributed by atoms with van der Waals surface area (Å²) >= 11 is 6.22. The molecule has 0 bridgehead atoms. The van der Waals surface area contributed by atoms with E-state index in [1.165, 1.54) is 16.7 Å². The van der Waals surface area contributed by atoms with E-state index in [-0.39, 0.29) is 11.2 Å². The Kier molecular flexibility index (Phi) is 6.68. The monoisotopic (exact) mass is 463 g/mol. The third kappa shape index (κ3) is 4.79. The number of hydrogen-bond donors (Lipinski definition) is 1. The number of nitrogens with one attached hydrogen (secondary N) is 1. The number of piperazine rings is 1. The van der Waals surface area contributed by atoms with Crippen LogP contribution in [0, 0.1) is 5.82 Å². The summed E-state index contributed by atoms with van der Waals surface area (Å²) in [5, 5.41) is 4.46. The Hall–Kier alpha value is -2.40. The molecule has 5 rings (SSSR count). The lowest BCUT2D eigenvalue weighted by Crippen LogP contribution is -2.47. The van der Waals surface area contributed by atoms with Crippen molar-refractivity contribution >= 4 is 17.3 Å². The molecule has 33 heavy (non-hydrogen) atoms. The molecule has 2 heterocycles. The topological polar surface area (TPSA) is 18.5 Å². The van der Waals surface area contributed by atoms with Crippen molar-refractivity contribution in [1.82, 2.24) is 10.2 Å². The van der Waals surface area contributed by atoms with Gasteiger partial charge < -0.3 is 10.2 Å². The molecule has 2 aliphatic rings. The largest absolute Gasteiger partial charge is 0.369 e. The van der Waals surface area contributed by atoms with Crippen LogP contribution in [0.4, 0.5) is 10.1 Å². The fourth-order valence-electron chi connectivity index (χ4n) is 5.53. The molecule has 1 unspecified atom stereocenters. The maximum atomic E-state index is 13.2. The average Bonchev–Trinajstić information content (AvgIpc) is 2.85. The molecule has 1 atom stereocenters. The summed E-state index contributed by atoms with van der Waals surface area (Å²) in [7, 11) is 0. The summed E-state index contributed by atoms with van der Waals surface area (Å²) in [6, 6.07) is 24.2. The van der Waals surface area contributed by atoms with E-state index in [9.17, 15) is 4.39 Å². The number of rotatable bonds is 6. The van der Waals surface area contributed by atoms with Gasteiger partial charge in [0.1, 0.15) is 5.82 Å². The minimum absolute atomic E-state index is 0.0324. The maximum Gasteiger partial charge on any atom is 0.123 e. The van der Waals surface area contributed by atoms with E-state index in [1.54, 1.807) is 12.1 Å². The Morgan fingerprint density at radius 1 is 0.879 bits per heavy atom. The number of anilines is 1. The molecule has 3 nitrogen and oxygen atoms in total. The Bertz CT molecular complexity index is 1060. The zero-order valence-electron chi connectivity index (χ0n) is 18.9. The van der Waals surface area contributed by atoms with Gasteiger partial charge in [-0.05, 0) is 72.5 Å². The van der Waals surface area contributed by atoms with Crippen LogP contribution in [-0.2, 0) is 12.0 Å². The molecule has 1 fully saturated rings. The first-order valence-corrected chi connectivity index (χ1v) is 12.3. The van der Waals surface area contributed by atoms with Crippen molar-refractivity contribution in [3.63, 3.8) is 0 Å². The normalized spacial score (nSPS) is 21.1. The average molecular weight is 464 g/mol. The van der Waals surface area contributed by atoms with Crippen LogP contribution in [0.5, 0.6) is 0 Å². The highest BCUT2D eigenvalue weighted by molar-refractivity contribution is 6.30. The Balaban J connectivity index is 1.26. The zero-order chi connectivity index (χ0) is 22.7. The van der Waals surface area contributed by atoms with Crippen LogP contribution in [0.25, 0.3) is 0 Å². The van der Waals surface area contributed by atoms with Gasteiger partial charge in [-0.25, -0.2) is 4.39 Å². The van der Waals surface area contributed by atoms with E-state index in [4.69, 9.17) is 11.6 Å².